The van der Waals surface area contributed by atoms with Crippen molar-refractivity contribution in [1.29, 1.82) is 0 Å². The maximum Gasteiger partial charge on any atom is 0.0738 e. The summed E-state index contributed by atoms with van der Waals surface area (Å²) in [6.07, 6.45) is 6.05. The van der Waals surface area contributed by atoms with Crippen LogP contribution in [0.15, 0.2) is 0 Å². The maximum atomic E-state index is 5.95. The lowest BCUT2D eigenvalue weighted by Gasteiger charge is -2.18. The SMILES string of the molecule is [B]C(C)(C)CCCNCCCC(C)NCCC(C)C. The predicted molar refractivity (Wildman–Crippen MR) is 88.1 cm³/mol. The van der Waals surface area contributed by atoms with Crippen LogP contribution in [0.1, 0.15) is 66.7 Å². The van der Waals surface area contributed by atoms with E-state index in [1.165, 1.54) is 25.7 Å². The van der Waals surface area contributed by atoms with Gasteiger partial charge in [-0.15, -0.1) is 0 Å². The van der Waals surface area contributed by atoms with Gasteiger partial charge in [0.25, 0.3) is 0 Å². The molecule has 0 fully saturated rings. The summed E-state index contributed by atoms with van der Waals surface area (Å²) >= 11 is 0. The molecule has 112 valence electrons. The highest BCUT2D eigenvalue weighted by atomic mass is 14.9. The van der Waals surface area contributed by atoms with Crippen LogP contribution in [0, 0.1) is 5.92 Å². The van der Waals surface area contributed by atoms with Crippen LogP contribution in [0.25, 0.3) is 0 Å². The van der Waals surface area contributed by atoms with Gasteiger partial charge in [0, 0.05) is 6.04 Å². The van der Waals surface area contributed by atoms with Gasteiger partial charge in [-0.1, -0.05) is 39.4 Å². The summed E-state index contributed by atoms with van der Waals surface area (Å²) in [6, 6.07) is 0.642. The van der Waals surface area contributed by atoms with Gasteiger partial charge in [0.15, 0.2) is 0 Å². The zero-order chi connectivity index (χ0) is 14.7. The van der Waals surface area contributed by atoms with Gasteiger partial charge in [-0.05, 0) is 58.2 Å². The van der Waals surface area contributed by atoms with Crippen molar-refractivity contribution in [2.75, 3.05) is 19.6 Å². The molecule has 0 aliphatic heterocycles. The molecule has 1 atom stereocenters. The van der Waals surface area contributed by atoms with Crippen molar-refractivity contribution in [2.24, 2.45) is 5.92 Å². The van der Waals surface area contributed by atoms with E-state index in [1.54, 1.807) is 0 Å². The Morgan fingerprint density at radius 3 is 2.16 bits per heavy atom. The molecule has 0 spiro atoms. The molecular formula is C16H35BN2. The summed E-state index contributed by atoms with van der Waals surface area (Å²) in [5.41, 5.74) is 0. The zero-order valence-corrected chi connectivity index (χ0v) is 13.9. The number of rotatable bonds is 12. The fraction of sp³-hybridized carbons (Fsp3) is 1.00. The van der Waals surface area contributed by atoms with Gasteiger partial charge in [0.2, 0.25) is 0 Å². The average Bonchev–Trinajstić information content (AvgIpc) is 2.25. The second kappa shape index (κ2) is 10.7. The van der Waals surface area contributed by atoms with Crippen molar-refractivity contribution >= 4 is 7.85 Å². The largest absolute Gasteiger partial charge is 0.317 e. The van der Waals surface area contributed by atoms with E-state index >= 15 is 0 Å². The van der Waals surface area contributed by atoms with Gasteiger partial charge in [-0.25, -0.2) is 0 Å². The Hall–Kier alpha value is -0.0151. The third-order valence-electron chi connectivity index (χ3n) is 3.38. The molecule has 0 aromatic carbocycles. The summed E-state index contributed by atoms with van der Waals surface area (Å²) in [6.45, 7) is 14.4. The first-order valence-corrected chi connectivity index (χ1v) is 8.04. The molecule has 0 aliphatic carbocycles. The minimum absolute atomic E-state index is 0.0173. The van der Waals surface area contributed by atoms with E-state index < -0.39 is 0 Å². The topological polar surface area (TPSA) is 24.1 Å². The lowest BCUT2D eigenvalue weighted by molar-refractivity contribution is 0.452. The van der Waals surface area contributed by atoms with Crippen LogP contribution in [0.5, 0.6) is 0 Å². The molecule has 2 nitrogen and oxygen atoms in total. The van der Waals surface area contributed by atoms with Crippen molar-refractivity contribution in [3.05, 3.63) is 0 Å². The molecule has 0 saturated carbocycles. The Balaban J connectivity index is 3.25. The van der Waals surface area contributed by atoms with E-state index in [0.717, 1.165) is 32.0 Å². The number of hydrogen-bond donors (Lipinski definition) is 2. The first-order chi connectivity index (χ1) is 8.81. The summed E-state index contributed by atoms with van der Waals surface area (Å²) in [4.78, 5) is 0. The van der Waals surface area contributed by atoms with Crippen molar-refractivity contribution in [1.82, 2.24) is 10.6 Å². The van der Waals surface area contributed by atoms with Gasteiger partial charge < -0.3 is 10.6 Å². The van der Waals surface area contributed by atoms with Crippen LogP contribution in [-0.4, -0.2) is 33.5 Å². The first-order valence-electron chi connectivity index (χ1n) is 8.04. The van der Waals surface area contributed by atoms with Crippen molar-refractivity contribution in [3.8, 4) is 0 Å². The molecule has 0 amide bonds. The summed E-state index contributed by atoms with van der Waals surface area (Å²) in [5, 5.41) is 7.08. The van der Waals surface area contributed by atoms with Crippen LogP contribution < -0.4 is 10.6 Å². The maximum absolute atomic E-state index is 5.95. The Labute approximate surface area is 122 Å². The van der Waals surface area contributed by atoms with E-state index in [1.807, 2.05) is 0 Å². The molecule has 0 heterocycles. The van der Waals surface area contributed by atoms with Gasteiger partial charge in [-0.3, -0.25) is 0 Å². The summed E-state index contributed by atoms with van der Waals surface area (Å²) in [7, 11) is 5.95. The van der Waals surface area contributed by atoms with E-state index in [2.05, 4.69) is 45.3 Å². The molecule has 19 heavy (non-hydrogen) atoms. The molecule has 2 N–H and O–H groups in total. The Morgan fingerprint density at radius 2 is 1.58 bits per heavy atom. The molecule has 1 unspecified atom stereocenters. The molecule has 0 aromatic rings. The highest BCUT2D eigenvalue weighted by molar-refractivity contribution is 6.14. The van der Waals surface area contributed by atoms with Gasteiger partial charge >= 0.3 is 0 Å². The van der Waals surface area contributed by atoms with Crippen molar-refractivity contribution in [2.45, 2.75) is 78.1 Å². The van der Waals surface area contributed by atoms with Crippen LogP contribution in [0.2, 0.25) is 5.31 Å². The fourth-order valence-electron chi connectivity index (χ4n) is 2.05. The first kappa shape index (κ1) is 19.0. The van der Waals surface area contributed by atoms with E-state index in [-0.39, 0.29) is 5.31 Å². The smallest absolute Gasteiger partial charge is 0.0738 e. The molecule has 0 rings (SSSR count). The van der Waals surface area contributed by atoms with Gasteiger partial charge in [0.1, 0.15) is 0 Å². The molecule has 2 radical (unpaired) electrons. The van der Waals surface area contributed by atoms with Crippen LogP contribution >= 0.6 is 0 Å². The molecule has 0 bridgehead atoms. The third kappa shape index (κ3) is 15.9. The van der Waals surface area contributed by atoms with Crippen molar-refractivity contribution < 1.29 is 0 Å². The second-order valence-corrected chi connectivity index (χ2v) is 7.02. The molecular weight excluding hydrogens is 231 g/mol. The Bertz CT molecular complexity index is 199. The minimum atomic E-state index is -0.0173. The zero-order valence-electron chi connectivity index (χ0n) is 13.9. The van der Waals surface area contributed by atoms with E-state index in [9.17, 15) is 0 Å². The number of nitrogens with one attached hydrogen (secondary N) is 2. The summed E-state index contributed by atoms with van der Waals surface area (Å²) < 4.78 is 0. The Kier molecular flexibility index (Phi) is 10.7. The van der Waals surface area contributed by atoms with Crippen molar-refractivity contribution in [3.63, 3.8) is 0 Å². The normalized spacial score (nSPS) is 14.0. The van der Waals surface area contributed by atoms with Gasteiger partial charge in [0.05, 0.1) is 7.85 Å². The van der Waals surface area contributed by atoms with Crippen LogP contribution in [0.3, 0.4) is 0 Å². The summed E-state index contributed by atoms with van der Waals surface area (Å²) in [5.74, 6) is 0.799. The minimum Gasteiger partial charge on any atom is -0.317 e. The third-order valence-corrected chi connectivity index (χ3v) is 3.38. The Morgan fingerprint density at radius 1 is 0.947 bits per heavy atom. The predicted octanol–water partition coefficient (Wildman–Crippen LogP) is 3.53. The van der Waals surface area contributed by atoms with Gasteiger partial charge in [-0.2, -0.15) is 0 Å². The quantitative estimate of drug-likeness (QED) is 0.417. The highest BCUT2D eigenvalue weighted by Crippen LogP contribution is 2.24. The highest BCUT2D eigenvalue weighted by Gasteiger charge is 2.08. The second-order valence-electron chi connectivity index (χ2n) is 7.02. The number of hydrogen-bond acceptors (Lipinski definition) is 2. The van der Waals surface area contributed by atoms with Crippen LogP contribution in [0.4, 0.5) is 0 Å². The van der Waals surface area contributed by atoms with E-state index in [4.69, 9.17) is 7.85 Å². The van der Waals surface area contributed by atoms with Crippen LogP contribution in [-0.2, 0) is 0 Å². The van der Waals surface area contributed by atoms with E-state index in [0.29, 0.717) is 6.04 Å². The lowest BCUT2D eigenvalue weighted by atomic mass is 9.69. The average molecular weight is 266 g/mol. The monoisotopic (exact) mass is 266 g/mol. The molecule has 0 aliphatic rings. The molecule has 0 saturated heterocycles. The lowest BCUT2D eigenvalue weighted by Crippen LogP contribution is -2.29. The fourth-order valence-corrected chi connectivity index (χ4v) is 2.05. The molecule has 0 aromatic heterocycles. The molecule has 3 heteroatoms. The standard InChI is InChI=1S/C16H35BN2/c1-14(2)9-13-19-15(3)8-6-11-18-12-7-10-16(4,5)17/h14-15,18-19H,6-13H2,1-5H3.